The standard InChI is InChI=1S/C16H14N4S/c1-2-21-16-18-17-15-19(12-8-4-3-5-9-12)13-10-6-7-11-14(13)20(15)16/h3-11H,2H2,1H3. The Hall–Kier alpha value is -2.27. The van der Waals surface area contributed by atoms with E-state index in [4.69, 9.17) is 0 Å². The largest absolute Gasteiger partial charge is 0.277 e. The van der Waals surface area contributed by atoms with E-state index in [0.29, 0.717) is 0 Å². The predicted molar refractivity (Wildman–Crippen MR) is 86.2 cm³/mol. The Bertz CT molecular complexity index is 908. The monoisotopic (exact) mass is 294 g/mol. The first kappa shape index (κ1) is 12.5. The highest BCUT2D eigenvalue weighted by Crippen LogP contribution is 2.28. The average Bonchev–Trinajstić information content (AvgIpc) is 3.07. The smallest absolute Gasteiger partial charge is 0.241 e. The Balaban J connectivity index is 2.13. The number of hydrogen-bond acceptors (Lipinski definition) is 3. The van der Waals surface area contributed by atoms with E-state index in [0.717, 1.165) is 33.4 Å². The maximum atomic E-state index is 4.41. The van der Waals surface area contributed by atoms with Gasteiger partial charge in [-0.05, 0) is 30.0 Å². The third kappa shape index (κ3) is 1.85. The van der Waals surface area contributed by atoms with E-state index in [1.54, 1.807) is 11.8 Å². The normalized spacial score (nSPS) is 11.5. The van der Waals surface area contributed by atoms with E-state index < -0.39 is 0 Å². The molecule has 0 amide bonds. The van der Waals surface area contributed by atoms with Gasteiger partial charge in [0, 0.05) is 5.69 Å². The second-order valence-corrected chi connectivity index (χ2v) is 5.94. The Kier molecular flexibility index (Phi) is 2.93. The minimum Gasteiger partial charge on any atom is -0.277 e. The third-order valence-electron chi connectivity index (χ3n) is 3.47. The molecule has 4 nitrogen and oxygen atoms in total. The van der Waals surface area contributed by atoms with Crippen molar-refractivity contribution >= 4 is 28.6 Å². The predicted octanol–water partition coefficient (Wildman–Crippen LogP) is 3.79. The fourth-order valence-electron chi connectivity index (χ4n) is 2.62. The molecule has 4 aromatic rings. The summed E-state index contributed by atoms with van der Waals surface area (Å²) in [5.41, 5.74) is 3.38. The molecule has 0 aliphatic heterocycles. The Morgan fingerprint density at radius 3 is 2.38 bits per heavy atom. The number of para-hydroxylation sites is 3. The van der Waals surface area contributed by atoms with Gasteiger partial charge in [0.1, 0.15) is 0 Å². The zero-order chi connectivity index (χ0) is 14.2. The molecular formula is C16H14N4S. The van der Waals surface area contributed by atoms with Crippen LogP contribution in [0.5, 0.6) is 0 Å². The van der Waals surface area contributed by atoms with Gasteiger partial charge in [0.25, 0.3) is 0 Å². The number of aromatic nitrogens is 4. The lowest BCUT2D eigenvalue weighted by atomic mass is 10.3. The summed E-state index contributed by atoms with van der Waals surface area (Å²) in [6.45, 7) is 2.13. The molecule has 21 heavy (non-hydrogen) atoms. The van der Waals surface area contributed by atoms with Gasteiger partial charge >= 0.3 is 0 Å². The highest BCUT2D eigenvalue weighted by Gasteiger charge is 2.17. The zero-order valence-electron chi connectivity index (χ0n) is 11.6. The van der Waals surface area contributed by atoms with E-state index in [1.807, 2.05) is 18.2 Å². The fourth-order valence-corrected chi connectivity index (χ4v) is 3.29. The van der Waals surface area contributed by atoms with Crippen molar-refractivity contribution in [1.82, 2.24) is 19.2 Å². The molecule has 0 spiro atoms. The van der Waals surface area contributed by atoms with E-state index >= 15 is 0 Å². The van der Waals surface area contributed by atoms with Crippen molar-refractivity contribution < 1.29 is 0 Å². The Morgan fingerprint density at radius 2 is 1.62 bits per heavy atom. The molecule has 104 valence electrons. The van der Waals surface area contributed by atoms with Crippen LogP contribution in [0.1, 0.15) is 6.92 Å². The summed E-state index contributed by atoms with van der Waals surface area (Å²) in [7, 11) is 0. The molecule has 4 rings (SSSR count). The lowest BCUT2D eigenvalue weighted by Gasteiger charge is -2.03. The van der Waals surface area contributed by atoms with Crippen LogP contribution in [-0.2, 0) is 0 Å². The number of benzene rings is 2. The number of rotatable bonds is 3. The second kappa shape index (κ2) is 4.93. The van der Waals surface area contributed by atoms with Crippen molar-refractivity contribution in [2.24, 2.45) is 0 Å². The first-order chi connectivity index (χ1) is 10.4. The SMILES string of the molecule is CCSc1nnc2n(-c3ccccc3)c3ccccc3n12. The van der Waals surface area contributed by atoms with Gasteiger partial charge in [0.2, 0.25) is 5.78 Å². The van der Waals surface area contributed by atoms with Gasteiger partial charge in [-0.15, -0.1) is 10.2 Å². The number of hydrogen-bond donors (Lipinski definition) is 0. The van der Waals surface area contributed by atoms with Crippen molar-refractivity contribution in [3.05, 3.63) is 54.6 Å². The van der Waals surface area contributed by atoms with Gasteiger partial charge in [0.05, 0.1) is 11.0 Å². The van der Waals surface area contributed by atoms with Crippen LogP contribution in [0, 0.1) is 0 Å². The van der Waals surface area contributed by atoms with Gasteiger partial charge in [-0.3, -0.25) is 8.97 Å². The lowest BCUT2D eigenvalue weighted by molar-refractivity contribution is 0.941. The summed E-state index contributed by atoms with van der Waals surface area (Å²) in [5, 5.41) is 9.69. The van der Waals surface area contributed by atoms with Crippen molar-refractivity contribution in [2.45, 2.75) is 12.1 Å². The first-order valence-corrected chi connectivity index (χ1v) is 7.91. The van der Waals surface area contributed by atoms with Crippen LogP contribution in [-0.4, -0.2) is 24.9 Å². The van der Waals surface area contributed by atoms with Crippen molar-refractivity contribution in [3.8, 4) is 5.69 Å². The Morgan fingerprint density at radius 1 is 0.905 bits per heavy atom. The molecule has 2 aromatic heterocycles. The summed E-state index contributed by atoms with van der Waals surface area (Å²) >= 11 is 1.71. The minimum atomic E-state index is 0.860. The van der Waals surface area contributed by atoms with Crippen molar-refractivity contribution in [3.63, 3.8) is 0 Å². The van der Waals surface area contributed by atoms with Crippen LogP contribution in [0.4, 0.5) is 0 Å². The van der Waals surface area contributed by atoms with Crippen LogP contribution in [0.15, 0.2) is 59.8 Å². The maximum Gasteiger partial charge on any atom is 0.241 e. The summed E-state index contributed by atoms with van der Waals surface area (Å²) in [6, 6.07) is 18.6. The van der Waals surface area contributed by atoms with E-state index in [2.05, 4.69) is 62.5 Å². The van der Waals surface area contributed by atoms with Crippen LogP contribution in [0.3, 0.4) is 0 Å². The van der Waals surface area contributed by atoms with Gasteiger partial charge in [0.15, 0.2) is 5.16 Å². The molecule has 2 aromatic carbocycles. The highest BCUT2D eigenvalue weighted by molar-refractivity contribution is 7.99. The molecule has 0 N–H and O–H groups in total. The van der Waals surface area contributed by atoms with Crippen LogP contribution in [0.2, 0.25) is 0 Å². The Labute approximate surface area is 126 Å². The average molecular weight is 294 g/mol. The van der Waals surface area contributed by atoms with Crippen LogP contribution >= 0.6 is 11.8 Å². The topological polar surface area (TPSA) is 35.1 Å². The summed E-state index contributed by atoms with van der Waals surface area (Å²) in [6.07, 6.45) is 0. The molecule has 2 heterocycles. The zero-order valence-corrected chi connectivity index (χ0v) is 12.4. The minimum absolute atomic E-state index is 0.860. The fraction of sp³-hybridized carbons (Fsp3) is 0.125. The molecule has 0 fully saturated rings. The molecule has 0 aliphatic carbocycles. The first-order valence-electron chi connectivity index (χ1n) is 6.93. The molecule has 0 unspecified atom stereocenters. The third-order valence-corrected chi connectivity index (χ3v) is 4.28. The molecule has 0 aliphatic rings. The summed E-state index contributed by atoms with van der Waals surface area (Å²) in [4.78, 5) is 0. The quantitative estimate of drug-likeness (QED) is 0.539. The lowest BCUT2D eigenvalue weighted by Crippen LogP contribution is -1.94. The van der Waals surface area contributed by atoms with E-state index in [9.17, 15) is 0 Å². The number of fused-ring (bicyclic) bond motifs is 3. The molecule has 0 saturated heterocycles. The van der Waals surface area contributed by atoms with Crippen molar-refractivity contribution in [1.29, 1.82) is 0 Å². The number of nitrogens with zero attached hydrogens (tertiary/aromatic N) is 4. The van der Waals surface area contributed by atoms with Gasteiger partial charge < -0.3 is 0 Å². The number of imidazole rings is 1. The maximum absolute atomic E-state index is 4.41. The molecule has 5 heteroatoms. The molecule has 0 saturated carbocycles. The summed E-state index contributed by atoms with van der Waals surface area (Å²) in [5.74, 6) is 1.84. The number of thioether (sulfide) groups is 1. The second-order valence-electron chi connectivity index (χ2n) is 4.71. The van der Waals surface area contributed by atoms with Crippen molar-refractivity contribution in [2.75, 3.05) is 5.75 Å². The van der Waals surface area contributed by atoms with Gasteiger partial charge in [-0.2, -0.15) is 0 Å². The molecule has 0 bridgehead atoms. The highest BCUT2D eigenvalue weighted by atomic mass is 32.2. The molecule has 0 radical (unpaired) electrons. The molecule has 0 atom stereocenters. The van der Waals surface area contributed by atoms with Crippen LogP contribution < -0.4 is 0 Å². The van der Waals surface area contributed by atoms with Gasteiger partial charge in [-0.25, -0.2) is 0 Å². The van der Waals surface area contributed by atoms with E-state index in [1.165, 1.54) is 0 Å². The van der Waals surface area contributed by atoms with E-state index in [-0.39, 0.29) is 0 Å². The summed E-state index contributed by atoms with van der Waals surface area (Å²) < 4.78 is 4.29. The van der Waals surface area contributed by atoms with Crippen LogP contribution in [0.25, 0.3) is 22.5 Å². The molecular weight excluding hydrogens is 280 g/mol. The van der Waals surface area contributed by atoms with Gasteiger partial charge in [-0.1, -0.05) is 49.0 Å².